The zero-order chi connectivity index (χ0) is 47.4. The Kier molecular flexibility index (Phi) is 12.9. The lowest BCUT2D eigenvalue weighted by Gasteiger charge is -2.35. The largest absolute Gasteiger partial charge is 0.465 e. The van der Waals surface area contributed by atoms with Gasteiger partial charge < -0.3 is 45.1 Å². The number of aromatic amines is 2. The molecule has 2 aromatic heterocycles. The molecule has 3 aliphatic heterocycles. The quantitative estimate of drug-likeness (QED) is 0.0860. The molecular weight excluding hydrogens is 835 g/mol. The highest BCUT2D eigenvalue weighted by Crippen LogP contribution is 2.50. The van der Waals surface area contributed by atoms with E-state index in [9.17, 15) is 24.3 Å². The molecule has 0 spiro atoms. The summed E-state index contributed by atoms with van der Waals surface area (Å²) in [6.07, 6.45) is 3.13. The summed E-state index contributed by atoms with van der Waals surface area (Å²) in [5, 5.41) is 14.7. The predicted octanol–water partition coefficient (Wildman–Crippen LogP) is 9.44. The number of likely N-dealkylation sites (tertiary alicyclic amines) is 2. The first-order valence-electron chi connectivity index (χ1n) is 23.7. The summed E-state index contributed by atoms with van der Waals surface area (Å²) in [5.74, 6) is 0.775. The van der Waals surface area contributed by atoms with Crippen LogP contribution in [-0.4, -0.2) is 91.1 Å². The van der Waals surface area contributed by atoms with E-state index in [1.165, 1.54) is 23.8 Å². The zero-order valence-corrected chi connectivity index (χ0v) is 40.1. The van der Waals surface area contributed by atoms with E-state index in [-0.39, 0.29) is 53.2 Å². The second kappa shape index (κ2) is 18.3. The van der Waals surface area contributed by atoms with Gasteiger partial charge in [-0.15, -0.1) is 0 Å². The van der Waals surface area contributed by atoms with E-state index >= 15 is 0 Å². The van der Waals surface area contributed by atoms with E-state index in [1.54, 1.807) is 4.90 Å². The van der Waals surface area contributed by atoms with Crippen molar-refractivity contribution in [2.24, 2.45) is 11.8 Å². The third-order valence-electron chi connectivity index (χ3n) is 14.4. The summed E-state index contributed by atoms with van der Waals surface area (Å²) in [5.41, 5.74) is 10.6. The van der Waals surface area contributed by atoms with Crippen molar-refractivity contribution in [3.63, 3.8) is 0 Å². The second-order valence-corrected chi connectivity index (χ2v) is 20.3. The number of fused-ring (bicyclic) bond motifs is 2. The number of amides is 4. The highest BCUT2D eigenvalue weighted by Gasteiger charge is 2.41. The van der Waals surface area contributed by atoms with Gasteiger partial charge in [-0.25, -0.2) is 19.6 Å². The van der Waals surface area contributed by atoms with Crippen LogP contribution >= 0.6 is 0 Å². The van der Waals surface area contributed by atoms with E-state index < -0.39 is 24.3 Å². The molecule has 5 heterocycles. The van der Waals surface area contributed by atoms with Crippen LogP contribution in [0.15, 0.2) is 48.5 Å². The number of methoxy groups -OCH3 is 1. The number of imidazole rings is 2. The number of alkyl carbamates (subject to hydrolysis) is 1. The van der Waals surface area contributed by atoms with Crippen LogP contribution in [0.2, 0.25) is 0 Å². The first-order chi connectivity index (χ1) is 31.4. The number of nitrogens with one attached hydrogen (secondary N) is 4. The van der Waals surface area contributed by atoms with Gasteiger partial charge in [0.25, 0.3) is 0 Å². The molecule has 0 aliphatic carbocycles. The molecule has 15 nitrogen and oxygen atoms in total. The number of ether oxygens (including phenoxy) is 1. The number of rotatable bonds is 11. The smallest absolute Gasteiger partial charge is 0.407 e. The number of anilines is 1. The molecule has 15 heteroatoms. The Morgan fingerprint density at radius 3 is 1.55 bits per heavy atom. The Labute approximate surface area is 387 Å². The average Bonchev–Trinajstić information content (AvgIpc) is 4.13. The molecule has 5 N–H and O–H groups in total. The molecule has 0 unspecified atom stereocenters. The molecule has 3 saturated heterocycles. The number of carbonyl (C=O) groups is 4. The highest BCUT2D eigenvalue weighted by atomic mass is 16.5. The van der Waals surface area contributed by atoms with Crippen LogP contribution in [0.3, 0.4) is 0 Å². The third-order valence-corrected chi connectivity index (χ3v) is 14.4. The van der Waals surface area contributed by atoms with E-state index in [2.05, 4.69) is 109 Å². The third kappa shape index (κ3) is 8.68. The number of carbonyl (C=O) groups excluding carboxylic acids is 3. The predicted molar refractivity (Wildman–Crippen MR) is 255 cm³/mol. The number of hydrogen-bond acceptors (Lipinski definition) is 8. The number of benzene rings is 3. The van der Waals surface area contributed by atoms with Gasteiger partial charge in [-0.2, -0.15) is 0 Å². The van der Waals surface area contributed by atoms with Crippen LogP contribution in [0.5, 0.6) is 0 Å². The molecule has 6 atom stereocenters. The van der Waals surface area contributed by atoms with E-state index in [4.69, 9.17) is 14.7 Å². The molecule has 3 aromatic carbocycles. The number of carboxylic acid groups (broad SMARTS) is 1. The Morgan fingerprint density at radius 1 is 0.682 bits per heavy atom. The van der Waals surface area contributed by atoms with Gasteiger partial charge in [0.15, 0.2) is 0 Å². The molecule has 352 valence electrons. The van der Waals surface area contributed by atoms with Gasteiger partial charge in [0.05, 0.1) is 53.3 Å². The van der Waals surface area contributed by atoms with Gasteiger partial charge in [0.1, 0.15) is 23.7 Å². The van der Waals surface area contributed by atoms with Crippen molar-refractivity contribution in [3.8, 4) is 0 Å². The Hall–Kier alpha value is -6.12. The number of H-pyrrole nitrogens is 2. The van der Waals surface area contributed by atoms with Gasteiger partial charge in [-0.1, -0.05) is 72.7 Å². The van der Waals surface area contributed by atoms with Crippen LogP contribution in [0.4, 0.5) is 15.3 Å². The number of nitrogens with zero attached hydrogens (tertiary/aromatic N) is 5. The Bertz CT molecular complexity index is 2630. The molecule has 5 aromatic rings. The van der Waals surface area contributed by atoms with Gasteiger partial charge in [0.2, 0.25) is 11.8 Å². The fourth-order valence-corrected chi connectivity index (χ4v) is 10.8. The van der Waals surface area contributed by atoms with Crippen LogP contribution in [0.25, 0.3) is 22.1 Å². The van der Waals surface area contributed by atoms with Crippen LogP contribution in [0, 0.1) is 25.7 Å². The normalized spacial score (nSPS) is 21.1. The van der Waals surface area contributed by atoms with Crippen molar-refractivity contribution in [2.75, 3.05) is 25.1 Å². The minimum absolute atomic E-state index is 0.00401. The summed E-state index contributed by atoms with van der Waals surface area (Å²) in [6, 6.07) is 15.7. The molecule has 0 radical (unpaired) electrons. The second-order valence-electron chi connectivity index (χ2n) is 20.3. The van der Waals surface area contributed by atoms with Crippen LogP contribution in [-0.2, 0) is 19.7 Å². The van der Waals surface area contributed by atoms with Gasteiger partial charge >= 0.3 is 12.2 Å². The molecule has 3 fully saturated rings. The minimum atomic E-state index is -1.21. The van der Waals surface area contributed by atoms with Crippen molar-refractivity contribution in [2.45, 2.75) is 143 Å². The molecular formula is C51H67N9O6. The monoisotopic (exact) mass is 902 g/mol. The van der Waals surface area contributed by atoms with Gasteiger partial charge in [0, 0.05) is 18.8 Å². The number of hydrogen-bond donors (Lipinski definition) is 5. The van der Waals surface area contributed by atoms with E-state index in [0.29, 0.717) is 13.1 Å². The minimum Gasteiger partial charge on any atom is -0.465 e. The molecule has 3 aliphatic rings. The Balaban J connectivity index is 1.13. The molecule has 8 rings (SSSR count). The van der Waals surface area contributed by atoms with Gasteiger partial charge in [-0.3, -0.25) is 9.59 Å². The van der Waals surface area contributed by atoms with E-state index in [1.807, 2.05) is 32.6 Å². The topological polar surface area (TPSA) is 189 Å². The first-order valence-corrected chi connectivity index (χ1v) is 23.7. The SMILES string of the molecule is COC(=O)N[C@H](C(=O)N1CCC[C@H]1c1nc2c(C)c([C@@H]3CC[C@H](c4ccc5[nH]c([C@@H]6CCCN6C(=O)[C@@H](NC(=O)O)C(C)C)nc5c4C)N3c3ccc(C(C)(C)C)cc3)ccc2[nH]1)C(C)C. The summed E-state index contributed by atoms with van der Waals surface area (Å²) in [6.45, 7) is 19.7. The average molecular weight is 902 g/mol. The van der Waals surface area contributed by atoms with Crippen molar-refractivity contribution >= 4 is 51.8 Å². The van der Waals surface area contributed by atoms with Crippen molar-refractivity contribution in [1.29, 1.82) is 0 Å². The van der Waals surface area contributed by atoms with Gasteiger partial charge in [-0.05, 0) is 122 Å². The zero-order valence-electron chi connectivity index (χ0n) is 40.1. The summed E-state index contributed by atoms with van der Waals surface area (Å²) < 4.78 is 4.85. The fraction of sp³-hybridized carbons (Fsp3) is 0.529. The Morgan fingerprint density at radius 2 is 1.14 bits per heavy atom. The summed E-state index contributed by atoms with van der Waals surface area (Å²) in [7, 11) is 1.30. The molecule has 0 bridgehead atoms. The lowest BCUT2D eigenvalue weighted by Crippen LogP contribution is -2.51. The van der Waals surface area contributed by atoms with Crippen molar-refractivity contribution in [1.82, 2.24) is 40.4 Å². The highest BCUT2D eigenvalue weighted by molar-refractivity contribution is 5.88. The van der Waals surface area contributed by atoms with Crippen LogP contribution < -0.4 is 15.5 Å². The number of aromatic nitrogens is 4. The lowest BCUT2D eigenvalue weighted by molar-refractivity contribution is -0.136. The maximum atomic E-state index is 14.0. The fourth-order valence-electron chi connectivity index (χ4n) is 10.8. The molecule has 0 saturated carbocycles. The van der Waals surface area contributed by atoms with E-state index in [0.717, 1.165) is 89.1 Å². The summed E-state index contributed by atoms with van der Waals surface area (Å²) in [4.78, 5) is 75.4. The summed E-state index contributed by atoms with van der Waals surface area (Å²) >= 11 is 0. The first kappa shape index (κ1) is 46.4. The standard InChI is InChI=1S/C51H67N9O6/c1-27(2)41(56-49(63)64)47(61)58-25-11-13-39(58)45-52-35-21-19-33(29(5)43(35)54-45)37-23-24-38(60(37)32-17-15-31(16-18-32)51(7,8)9)34-20-22-36-44(30(34)6)55-46(53-36)40-14-12-26-59(40)48(62)42(28(3)4)57-50(65)66-10/h15-22,27-28,37-42,56H,11-14,23-26H2,1-10H3,(H,52,54)(H,53,55)(H,57,65)(H,63,64)/t37-,38+,39+,40+,41+,42+/m1/s1. The number of aryl methyl sites for hydroxylation is 2. The van der Waals surface area contributed by atoms with Crippen molar-refractivity contribution < 1.29 is 29.0 Å². The maximum absolute atomic E-state index is 14.0. The molecule has 66 heavy (non-hydrogen) atoms. The van der Waals surface area contributed by atoms with Crippen molar-refractivity contribution in [3.05, 3.63) is 88.0 Å². The lowest BCUT2D eigenvalue weighted by atomic mass is 9.87. The maximum Gasteiger partial charge on any atom is 0.407 e. The molecule has 4 amide bonds. The van der Waals surface area contributed by atoms with Crippen LogP contribution in [0.1, 0.15) is 151 Å².